The molecule has 0 saturated heterocycles. The van der Waals surface area contributed by atoms with E-state index < -0.39 is 0 Å². The minimum Gasteiger partial charge on any atom is -0.338 e. The molecule has 0 aliphatic carbocycles. The van der Waals surface area contributed by atoms with Gasteiger partial charge in [0.1, 0.15) is 0 Å². The minimum absolute atomic E-state index is 0.619. The molecular formula is C15H21N3OS. The molecule has 2 rings (SSSR count). The van der Waals surface area contributed by atoms with Gasteiger partial charge in [0.05, 0.1) is 12.3 Å². The molecule has 1 N–H and O–H groups in total. The van der Waals surface area contributed by atoms with E-state index in [1.54, 1.807) is 11.8 Å². The average Bonchev–Trinajstić information content (AvgIpc) is 2.85. The summed E-state index contributed by atoms with van der Waals surface area (Å²) >= 11 is 1.74. The van der Waals surface area contributed by atoms with Gasteiger partial charge in [0, 0.05) is 4.90 Å². The van der Waals surface area contributed by atoms with E-state index >= 15 is 0 Å². The van der Waals surface area contributed by atoms with Crippen molar-refractivity contribution in [1.29, 1.82) is 0 Å². The summed E-state index contributed by atoms with van der Waals surface area (Å²) in [5.41, 5.74) is 1.28. The van der Waals surface area contributed by atoms with Crippen LogP contribution in [0.25, 0.3) is 0 Å². The number of hydrogen-bond donors (Lipinski definition) is 1. The second kappa shape index (κ2) is 7.45. The van der Waals surface area contributed by atoms with Gasteiger partial charge in [-0.25, -0.2) is 0 Å². The Hall–Kier alpha value is -1.33. The quantitative estimate of drug-likeness (QED) is 0.792. The third kappa shape index (κ3) is 4.65. The topological polar surface area (TPSA) is 51.0 Å². The molecule has 0 bridgehead atoms. The molecule has 0 aliphatic heterocycles. The highest BCUT2D eigenvalue weighted by Crippen LogP contribution is 2.24. The van der Waals surface area contributed by atoms with Crippen LogP contribution in [-0.2, 0) is 12.3 Å². The Kier molecular flexibility index (Phi) is 5.61. The number of aryl methyl sites for hydroxylation is 1. The van der Waals surface area contributed by atoms with Crippen LogP contribution in [0.1, 0.15) is 31.1 Å². The predicted molar refractivity (Wildman–Crippen MR) is 81.6 cm³/mol. The Balaban J connectivity index is 1.82. The Morgan fingerprint density at radius 2 is 2.10 bits per heavy atom. The number of hydrogen-bond acceptors (Lipinski definition) is 5. The van der Waals surface area contributed by atoms with Gasteiger partial charge in [-0.05, 0) is 31.0 Å². The van der Waals surface area contributed by atoms with Gasteiger partial charge < -0.3 is 9.84 Å². The molecule has 2 aromatic rings. The smallest absolute Gasteiger partial charge is 0.240 e. The lowest BCUT2D eigenvalue weighted by Gasteiger charge is -2.03. The Labute approximate surface area is 124 Å². The van der Waals surface area contributed by atoms with Crippen LogP contribution in [0.15, 0.2) is 33.7 Å². The Morgan fingerprint density at radius 3 is 2.85 bits per heavy atom. The highest BCUT2D eigenvalue weighted by Gasteiger charge is 2.07. The summed E-state index contributed by atoms with van der Waals surface area (Å²) in [6.07, 6.45) is 0. The van der Waals surface area contributed by atoms with E-state index in [1.807, 2.05) is 12.1 Å². The monoisotopic (exact) mass is 291 g/mol. The van der Waals surface area contributed by atoms with Crippen LogP contribution in [0.3, 0.4) is 0 Å². The zero-order chi connectivity index (χ0) is 14.4. The van der Waals surface area contributed by atoms with E-state index in [-0.39, 0.29) is 0 Å². The Bertz CT molecular complexity index is 539. The molecule has 0 saturated carbocycles. The van der Waals surface area contributed by atoms with Crippen molar-refractivity contribution < 1.29 is 4.52 Å². The molecule has 4 nitrogen and oxygen atoms in total. The van der Waals surface area contributed by atoms with Gasteiger partial charge in [-0.15, -0.1) is 11.8 Å². The largest absolute Gasteiger partial charge is 0.338 e. The van der Waals surface area contributed by atoms with Crippen molar-refractivity contribution in [2.24, 2.45) is 5.92 Å². The summed E-state index contributed by atoms with van der Waals surface area (Å²) in [5.74, 6) is 2.76. The molecular weight excluding hydrogens is 270 g/mol. The van der Waals surface area contributed by atoms with E-state index in [4.69, 9.17) is 4.52 Å². The van der Waals surface area contributed by atoms with Gasteiger partial charge in [0.25, 0.3) is 0 Å². The molecule has 0 atom stereocenters. The maximum atomic E-state index is 5.23. The van der Waals surface area contributed by atoms with Gasteiger partial charge >= 0.3 is 0 Å². The SMILES string of the molecule is Cc1ccccc1SCc1noc(CNCC(C)C)n1. The number of thioether (sulfide) groups is 1. The maximum absolute atomic E-state index is 5.23. The maximum Gasteiger partial charge on any atom is 0.240 e. The predicted octanol–water partition coefficient (Wildman–Crippen LogP) is 3.42. The lowest BCUT2D eigenvalue weighted by Crippen LogP contribution is -2.19. The molecule has 1 heterocycles. The first-order valence-corrected chi connectivity index (χ1v) is 7.84. The normalized spacial score (nSPS) is 11.2. The summed E-state index contributed by atoms with van der Waals surface area (Å²) in [5, 5.41) is 7.31. The van der Waals surface area contributed by atoms with Gasteiger partial charge in [0.15, 0.2) is 5.82 Å². The summed E-state index contributed by atoms with van der Waals surface area (Å²) in [6.45, 7) is 8.05. The minimum atomic E-state index is 0.619. The van der Waals surface area contributed by atoms with Crippen LogP contribution in [0, 0.1) is 12.8 Å². The molecule has 5 heteroatoms. The lowest BCUT2D eigenvalue weighted by atomic mass is 10.2. The first-order valence-electron chi connectivity index (χ1n) is 6.85. The molecule has 1 aromatic carbocycles. The van der Waals surface area contributed by atoms with E-state index in [0.717, 1.165) is 18.1 Å². The van der Waals surface area contributed by atoms with Gasteiger partial charge in [0.2, 0.25) is 5.89 Å². The third-order valence-electron chi connectivity index (χ3n) is 2.79. The van der Waals surface area contributed by atoms with Crippen LogP contribution in [0.4, 0.5) is 0 Å². The second-order valence-electron chi connectivity index (χ2n) is 5.18. The fourth-order valence-electron chi connectivity index (χ4n) is 1.75. The first kappa shape index (κ1) is 15.1. The van der Waals surface area contributed by atoms with E-state index in [0.29, 0.717) is 18.4 Å². The molecule has 0 aliphatic rings. The molecule has 0 unspecified atom stereocenters. The van der Waals surface area contributed by atoms with Crippen LogP contribution < -0.4 is 5.32 Å². The van der Waals surface area contributed by atoms with E-state index in [9.17, 15) is 0 Å². The second-order valence-corrected chi connectivity index (χ2v) is 6.20. The van der Waals surface area contributed by atoms with E-state index in [1.165, 1.54) is 10.5 Å². The van der Waals surface area contributed by atoms with Gasteiger partial charge in [-0.3, -0.25) is 0 Å². The van der Waals surface area contributed by atoms with Crippen molar-refractivity contribution in [3.05, 3.63) is 41.5 Å². The van der Waals surface area contributed by atoms with Crippen molar-refractivity contribution >= 4 is 11.8 Å². The average molecular weight is 291 g/mol. The van der Waals surface area contributed by atoms with Crippen molar-refractivity contribution in [2.45, 2.75) is 38.0 Å². The van der Waals surface area contributed by atoms with E-state index in [2.05, 4.69) is 48.4 Å². The molecule has 1 aromatic heterocycles. The van der Waals surface area contributed by atoms with Crippen molar-refractivity contribution in [3.8, 4) is 0 Å². The molecule has 0 radical (unpaired) electrons. The number of benzene rings is 1. The number of nitrogens with one attached hydrogen (secondary N) is 1. The summed E-state index contributed by atoms with van der Waals surface area (Å²) in [4.78, 5) is 5.65. The molecule has 0 spiro atoms. The van der Waals surface area contributed by atoms with Crippen molar-refractivity contribution in [2.75, 3.05) is 6.54 Å². The van der Waals surface area contributed by atoms with Crippen LogP contribution >= 0.6 is 11.8 Å². The fourth-order valence-corrected chi connectivity index (χ4v) is 2.62. The van der Waals surface area contributed by atoms with Crippen LogP contribution in [0.2, 0.25) is 0 Å². The summed E-state index contributed by atoms with van der Waals surface area (Å²) in [6, 6.07) is 8.32. The molecule has 0 amide bonds. The molecule has 0 fully saturated rings. The van der Waals surface area contributed by atoms with Gasteiger partial charge in [-0.2, -0.15) is 4.98 Å². The Morgan fingerprint density at radius 1 is 1.30 bits per heavy atom. The fraction of sp³-hybridized carbons (Fsp3) is 0.467. The number of nitrogens with zero attached hydrogens (tertiary/aromatic N) is 2. The summed E-state index contributed by atoms with van der Waals surface area (Å²) < 4.78 is 5.23. The van der Waals surface area contributed by atoms with Gasteiger partial charge in [-0.1, -0.05) is 37.2 Å². The third-order valence-corrected chi connectivity index (χ3v) is 3.96. The first-order chi connectivity index (χ1) is 9.65. The zero-order valence-electron chi connectivity index (χ0n) is 12.2. The van der Waals surface area contributed by atoms with Crippen LogP contribution in [0.5, 0.6) is 0 Å². The highest BCUT2D eigenvalue weighted by molar-refractivity contribution is 7.98. The van der Waals surface area contributed by atoms with Crippen LogP contribution in [-0.4, -0.2) is 16.7 Å². The summed E-state index contributed by atoms with van der Waals surface area (Å²) in [7, 11) is 0. The zero-order valence-corrected chi connectivity index (χ0v) is 13.0. The molecule has 20 heavy (non-hydrogen) atoms. The number of rotatable bonds is 7. The van der Waals surface area contributed by atoms with Crippen molar-refractivity contribution in [3.63, 3.8) is 0 Å². The highest BCUT2D eigenvalue weighted by atomic mass is 32.2. The lowest BCUT2D eigenvalue weighted by molar-refractivity contribution is 0.360. The standard InChI is InChI=1S/C15H21N3OS/c1-11(2)8-16-9-15-17-14(18-19-15)10-20-13-7-5-4-6-12(13)3/h4-7,11,16H,8-10H2,1-3H3. The molecule has 108 valence electrons. The van der Waals surface area contributed by atoms with Crippen molar-refractivity contribution in [1.82, 2.24) is 15.5 Å². The number of aromatic nitrogens is 2.